The number of aromatic carboxylic acids is 2. The molecule has 0 bridgehead atoms. The van der Waals surface area contributed by atoms with Gasteiger partial charge in [0.25, 0.3) is 0 Å². The molecule has 2 rings (SSSR count). The molecule has 0 aliphatic carbocycles. The van der Waals surface area contributed by atoms with Crippen molar-refractivity contribution in [3.05, 3.63) is 47.5 Å². The molecule has 0 N–H and O–H groups in total. The maximum Gasteiger partial charge on any atom is 2.00 e. The van der Waals surface area contributed by atoms with Gasteiger partial charge in [0.1, 0.15) is 0 Å². The van der Waals surface area contributed by atoms with E-state index >= 15 is 0 Å². The summed E-state index contributed by atoms with van der Waals surface area (Å²) >= 11 is 0. The van der Waals surface area contributed by atoms with Crippen LogP contribution in [0.3, 0.4) is 0 Å². The minimum atomic E-state index is -1.28. The third-order valence-corrected chi connectivity index (χ3v) is 3.25. The zero-order chi connectivity index (χ0) is 19.7. The third-order valence-electron chi connectivity index (χ3n) is 3.25. The van der Waals surface area contributed by atoms with E-state index in [0.717, 1.165) is 0 Å². The number of carboxylic acid groups (broad SMARTS) is 2. The summed E-state index contributed by atoms with van der Waals surface area (Å²) in [6, 6.07) is 9.16. The maximum absolute atomic E-state index is 10.6. The van der Waals surface area contributed by atoms with Gasteiger partial charge in [-0.3, -0.25) is 0 Å². The minimum absolute atomic E-state index is 0. The summed E-state index contributed by atoms with van der Waals surface area (Å²) in [5.41, 5.74) is -0.0244. The summed E-state index contributed by atoms with van der Waals surface area (Å²) in [6.45, 7) is 0. The fraction of sp³-hybridized carbons (Fsp3) is 0.222. The number of hydrogen-bond acceptors (Lipinski definition) is 8. The van der Waals surface area contributed by atoms with E-state index in [1.165, 1.54) is 40.6 Å². The van der Waals surface area contributed by atoms with Crippen molar-refractivity contribution >= 4 is 11.9 Å². The Balaban J connectivity index is 0.000000483. The molecule has 0 saturated heterocycles. The SMILES string of the molecule is COc1cccc(C(=O)[O-])c1OC.COc1cccc(C(=O)[O-])c1OC.[Zn+2]. The van der Waals surface area contributed by atoms with Gasteiger partial charge < -0.3 is 38.7 Å². The average Bonchev–Trinajstić information content (AvgIpc) is 2.66. The molecule has 2 aromatic rings. The Morgan fingerprint density at radius 2 is 1.00 bits per heavy atom. The number of carboxylic acids is 2. The number of carbonyl (C=O) groups is 2. The summed E-state index contributed by atoms with van der Waals surface area (Å²) in [6.07, 6.45) is 0. The van der Waals surface area contributed by atoms with E-state index in [9.17, 15) is 19.8 Å². The number of para-hydroxylation sites is 2. The van der Waals surface area contributed by atoms with Crippen molar-refractivity contribution in [3.8, 4) is 23.0 Å². The van der Waals surface area contributed by atoms with Crippen molar-refractivity contribution < 1.29 is 58.2 Å². The van der Waals surface area contributed by atoms with Gasteiger partial charge in [-0.15, -0.1) is 0 Å². The molecule has 0 unspecified atom stereocenters. The maximum atomic E-state index is 10.6. The van der Waals surface area contributed by atoms with E-state index < -0.39 is 11.9 Å². The van der Waals surface area contributed by atoms with Crippen molar-refractivity contribution in [3.63, 3.8) is 0 Å². The van der Waals surface area contributed by atoms with Gasteiger partial charge in [-0.2, -0.15) is 0 Å². The van der Waals surface area contributed by atoms with Crippen molar-refractivity contribution in [2.75, 3.05) is 28.4 Å². The Kier molecular flexibility index (Phi) is 10.5. The summed E-state index contributed by atoms with van der Waals surface area (Å²) in [7, 11) is 5.64. The standard InChI is InChI=1S/2C9H10O4.Zn/c2*1-12-7-5-3-4-6(9(10)11)8(7)13-2;/h2*3-5H,1-2H3,(H,10,11);/q;;+2/p-2. The molecule has 0 radical (unpaired) electrons. The van der Waals surface area contributed by atoms with Crippen LogP contribution in [0.2, 0.25) is 0 Å². The van der Waals surface area contributed by atoms with Gasteiger partial charge in [-0.05, 0) is 24.3 Å². The van der Waals surface area contributed by atoms with Crippen molar-refractivity contribution in [1.82, 2.24) is 0 Å². The predicted molar refractivity (Wildman–Crippen MR) is 87.8 cm³/mol. The molecule has 0 spiro atoms. The van der Waals surface area contributed by atoms with Gasteiger partial charge in [-0.1, -0.05) is 12.1 Å². The fourth-order valence-electron chi connectivity index (χ4n) is 2.10. The Hall–Kier alpha value is -2.80. The molecular formula is C18H18O8Zn. The zero-order valence-corrected chi connectivity index (χ0v) is 18.4. The van der Waals surface area contributed by atoms with Gasteiger partial charge in [0.05, 0.1) is 40.4 Å². The predicted octanol–water partition coefficient (Wildman–Crippen LogP) is 0.132. The Bertz CT molecular complexity index is 710. The first kappa shape index (κ1) is 24.2. The summed E-state index contributed by atoms with van der Waals surface area (Å²) in [5, 5.41) is 21.2. The topological polar surface area (TPSA) is 117 Å². The molecule has 0 heterocycles. The summed E-state index contributed by atoms with van der Waals surface area (Å²) in [4.78, 5) is 21.2. The van der Waals surface area contributed by atoms with Gasteiger partial charge >= 0.3 is 19.5 Å². The molecule has 0 aromatic heterocycles. The normalized spacial score (nSPS) is 9.04. The number of hydrogen-bond donors (Lipinski definition) is 0. The largest absolute Gasteiger partial charge is 2.00 e. The minimum Gasteiger partial charge on any atom is -0.545 e. The fourth-order valence-corrected chi connectivity index (χ4v) is 2.10. The third kappa shape index (κ3) is 6.14. The first-order valence-corrected chi connectivity index (χ1v) is 7.25. The Labute approximate surface area is 169 Å². The van der Waals surface area contributed by atoms with Crippen molar-refractivity contribution in [1.29, 1.82) is 0 Å². The van der Waals surface area contributed by atoms with Gasteiger partial charge in [0.2, 0.25) is 0 Å². The number of benzene rings is 2. The van der Waals surface area contributed by atoms with Gasteiger partial charge in [0, 0.05) is 11.1 Å². The van der Waals surface area contributed by atoms with Crippen LogP contribution >= 0.6 is 0 Å². The van der Waals surface area contributed by atoms with E-state index in [4.69, 9.17) is 18.9 Å². The second kappa shape index (κ2) is 11.7. The molecule has 0 amide bonds. The smallest absolute Gasteiger partial charge is 0.545 e. The quantitative estimate of drug-likeness (QED) is 0.597. The number of methoxy groups -OCH3 is 4. The van der Waals surface area contributed by atoms with Crippen LogP contribution in [0.4, 0.5) is 0 Å². The molecule has 0 saturated carbocycles. The van der Waals surface area contributed by atoms with Crippen LogP contribution in [0.25, 0.3) is 0 Å². The monoisotopic (exact) mass is 426 g/mol. The molecule has 0 atom stereocenters. The molecule has 0 aliphatic rings. The van der Waals surface area contributed by atoms with Crippen LogP contribution in [0.1, 0.15) is 20.7 Å². The Morgan fingerprint density at radius 1 is 0.667 bits per heavy atom. The summed E-state index contributed by atoms with van der Waals surface area (Å²) in [5.74, 6) is -1.44. The molecule has 9 heteroatoms. The summed E-state index contributed by atoms with van der Waals surface area (Å²) < 4.78 is 19.6. The van der Waals surface area contributed by atoms with Crippen LogP contribution in [-0.4, -0.2) is 40.4 Å². The molecule has 140 valence electrons. The van der Waals surface area contributed by atoms with E-state index in [1.54, 1.807) is 24.3 Å². The van der Waals surface area contributed by atoms with Crippen LogP contribution in [0, 0.1) is 0 Å². The van der Waals surface area contributed by atoms with Crippen LogP contribution < -0.4 is 29.2 Å². The molecule has 2 aromatic carbocycles. The second-order valence-electron chi connectivity index (χ2n) is 4.66. The van der Waals surface area contributed by atoms with Crippen LogP contribution in [0.5, 0.6) is 23.0 Å². The van der Waals surface area contributed by atoms with E-state index in [2.05, 4.69) is 0 Å². The Morgan fingerprint density at radius 3 is 1.22 bits per heavy atom. The van der Waals surface area contributed by atoms with Crippen LogP contribution in [-0.2, 0) is 19.5 Å². The van der Waals surface area contributed by atoms with E-state index in [-0.39, 0.29) is 42.1 Å². The second-order valence-corrected chi connectivity index (χ2v) is 4.66. The zero-order valence-electron chi connectivity index (χ0n) is 15.4. The molecule has 27 heavy (non-hydrogen) atoms. The van der Waals surface area contributed by atoms with Crippen molar-refractivity contribution in [2.24, 2.45) is 0 Å². The average molecular weight is 428 g/mol. The van der Waals surface area contributed by atoms with Gasteiger partial charge in [-0.25, -0.2) is 0 Å². The van der Waals surface area contributed by atoms with Crippen LogP contribution in [0.15, 0.2) is 36.4 Å². The molecule has 0 aliphatic heterocycles. The number of rotatable bonds is 6. The number of carbonyl (C=O) groups excluding carboxylic acids is 2. The van der Waals surface area contributed by atoms with E-state index in [1.807, 2.05) is 0 Å². The van der Waals surface area contributed by atoms with Gasteiger partial charge in [0.15, 0.2) is 23.0 Å². The molecular weight excluding hydrogens is 410 g/mol. The first-order chi connectivity index (χ1) is 12.4. The first-order valence-electron chi connectivity index (χ1n) is 7.25. The molecule has 8 nitrogen and oxygen atoms in total. The number of ether oxygens (including phenoxy) is 4. The van der Waals surface area contributed by atoms with Crippen molar-refractivity contribution in [2.45, 2.75) is 0 Å². The van der Waals surface area contributed by atoms with E-state index in [0.29, 0.717) is 11.5 Å². The molecule has 0 fully saturated rings.